The summed E-state index contributed by atoms with van der Waals surface area (Å²) in [5.74, 6) is -2.03. The summed E-state index contributed by atoms with van der Waals surface area (Å²) < 4.78 is 54.1. The molecule has 0 atom stereocenters. The molecule has 19 heavy (non-hydrogen) atoms. The molecule has 1 aliphatic carbocycles. The summed E-state index contributed by atoms with van der Waals surface area (Å²) in [6.45, 7) is 0. The lowest BCUT2D eigenvalue weighted by Gasteiger charge is -2.33. The lowest BCUT2D eigenvalue weighted by atomic mass is 9.79. The smallest absolute Gasteiger partial charge is 0.403 e. The zero-order chi connectivity index (χ0) is 14.1. The summed E-state index contributed by atoms with van der Waals surface area (Å²) in [6, 6.07) is 3.47. The molecule has 0 aromatic heterocycles. The average Bonchev–Trinajstić information content (AvgIpc) is 2.31. The largest absolute Gasteiger partial charge is 0.573 e. The molecule has 0 amide bonds. The summed E-state index contributed by atoms with van der Waals surface area (Å²) >= 11 is 0. The first-order valence-electron chi connectivity index (χ1n) is 6.09. The maximum atomic E-state index is 14.0. The number of rotatable bonds is 2. The van der Waals surface area contributed by atoms with Crippen LogP contribution < -0.4 is 4.74 Å². The monoisotopic (exact) mass is 278 g/mol. The minimum Gasteiger partial charge on any atom is -0.403 e. The first kappa shape index (κ1) is 14.1. The maximum Gasteiger partial charge on any atom is 0.573 e. The van der Waals surface area contributed by atoms with Crippen LogP contribution in [0.5, 0.6) is 5.75 Å². The van der Waals surface area contributed by atoms with Gasteiger partial charge in [0.15, 0.2) is 11.6 Å². The number of halogens is 4. The van der Waals surface area contributed by atoms with Gasteiger partial charge in [0.25, 0.3) is 0 Å². The van der Waals surface area contributed by atoms with Gasteiger partial charge in [0.05, 0.1) is 5.60 Å². The van der Waals surface area contributed by atoms with Crippen LogP contribution in [-0.2, 0) is 5.60 Å². The molecule has 1 aromatic carbocycles. The van der Waals surface area contributed by atoms with Crippen molar-refractivity contribution in [2.45, 2.75) is 44.1 Å². The van der Waals surface area contributed by atoms with Crippen molar-refractivity contribution in [1.29, 1.82) is 0 Å². The van der Waals surface area contributed by atoms with Crippen LogP contribution in [0.2, 0.25) is 0 Å². The highest BCUT2D eigenvalue weighted by Gasteiger charge is 2.37. The van der Waals surface area contributed by atoms with Gasteiger partial charge in [0.1, 0.15) is 0 Å². The molecule has 6 heteroatoms. The van der Waals surface area contributed by atoms with E-state index in [1.165, 1.54) is 12.1 Å². The highest BCUT2D eigenvalue weighted by atomic mass is 19.4. The summed E-state index contributed by atoms with van der Waals surface area (Å²) in [4.78, 5) is 0. The Kier molecular flexibility index (Phi) is 3.71. The minimum absolute atomic E-state index is 0.117. The van der Waals surface area contributed by atoms with Gasteiger partial charge in [-0.3, -0.25) is 0 Å². The van der Waals surface area contributed by atoms with Gasteiger partial charge in [-0.25, -0.2) is 4.39 Å². The van der Waals surface area contributed by atoms with Crippen LogP contribution in [0, 0.1) is 5.82 Å². The number of aliphatic hydroxyl groups is 1. The fraction of sp³-hybridized carbons (Fsp3) is 0.538. The highest BCUT2D eigenvalue weighted by Crippen LogP contribution is 2.40. The molecular weight excluding hydrogens is 264 g/mol. The number of hydrogen-bond acceptors (Lipinski definition) is 2. The topological polar surface area (TPSA) is 29.5 Å². The van der Waals surface area contributed by atoms with Crippen molar-refractivity contribution in [3.63, 3.8) is 0 Å². The fourth-order valence-corrected chi connectivity index (χ4v) is 2.48. The molecule has 2 nitrogen and oxygen atoms in total. The first-order chi connectivity index (χ1) is 8.82. The van der Waals surface area contributed by atoms with Gasteiger partial charge in [-0.1, -0.05) is 31.4 Å². The molecule has 0 spiro atoms. The Hall–Kier alpha value is -1.30. The van der Waals surface area contributed by atoms with Crippen molar-refractivity contribution in [3.05, 3.63) is 29.6 Å². The number of ether oxygens (including phenoxy) is 1. The Labute approximate surface area is 108 Å². The molecule has 1 aromatic rings. The van der Waals surface area contributed by atoms with E-state index in [4.69, 9.17) is 0 Å². The summed E-state index contributed by atoms with van der Waals surface area (Å²) in [7, 11) is 0. The van der Waals surface area contributed by atoms with E-state index in [9.17, 15) is 22.7 Å². The van der Waals surface area contributed by atoms with E-state index < -0.39 is 23.5 Å². The lowest BCUT2D eigenvalue weighted by Crippen LogP contribution is -2.30. The maximum absolute atomic E-state index is 14.0. The molecule has 1 saturated carbocycles. The van der Waals surface area contributed by atoms with Crippen LogP contribution in [0.1, 0.15) is 37.7 Å². The van der Waals surface area contributed by atoms with Crippen LogP contribution in [0.3, 0.4) is 0 Å². The highest BCUT2D eigenvalue weighted by molar-refractivity contribution is 5.35. The molecule has 1 N–H and O–H groups in total. The molecule has 1 aliphatic rings. The Bertz CT molecular complexity index is 450. The van der Waals surface area contributed by atoms with Crippen molar-refractivity contribution < 1.29 is 27.4 Å². The van der Waals surface area contributed by atoms with Crippen molar-refractivity contribution in [3.8, 4) is 5.75 Å². The molecule has 0 bridgehead atoms. The first-order valence-corrected chi connectivity index (χ1v) is 6.09. The quantitative estimate of drug-likeness (QED) is 0.832. The molecule has 1 fully saturated rings. The van der Waals surface area contributed by atoms with Gasteiger partial charge in [0.2, 0.25) is 0 Å². The van der Waals surface area contributed by atoms with Crippen molar-refractivity contribution >= 4 is 0 Å². The summed E-state index contributed by atoms with van der Waals surface area (Å²) in [6.07, 6.45) is -1.88. The zero-order valence-electron chi connectivity index (χ0n) is 10.1. The number of hydrogen-bond donors (Lipinski definition) is 1. The predicted molar refractivity (Wildman–Crippen MR) is 60.1 cm³/mol. The number of alkyl halides is 3. The third-order valence-corrected chi connectivity index (χ3v) is 3.37. The number of benzene rings is 1. The van der Waals surface area contributed by atoms with E-state index in [0.717, 1.165) is 25.3 Å². The second-order valence-corrected chi connectivity index (χ2v) is 4.76. The molecule has 106 valence electrons. The van der Waals surface area contributed by atoms with Gasteiger partial charge in [-0.05, 0) is 18.9 Å². The van der Waals surface area contributed by atoms with E-state index in [0.29, 0.717) is 12.8 Å². The van der Waals surface area contributed by atoms with Crippen LogP contribution >= 0.6 is 0 Å². The van der Waals surface area contributed by atoms with Crippen molar-refractivity contribution in [2.75, 3.05) is 0 Å². The zero-order valence-corrected chi connectivity index (χ0v) is 10.1. The van der Waals surface area contributed by atoms with Gasteiger partial charge in [0, 0.05) is 5.56 Å². The van der Waals surface area contributed by atoms with Gasteiger partial charge < -0.3 is 9.84 Å². The molecule has 0 heterocycles. The molecule has 0 radical (unpaired) electrons. The normalized spacial score (nSPS) is 19.2. The summed E-state index contributed by atoms with van der Waals surface area (Å²) in [5, 5.41) is 10.4. The van der Waals surface area contributed by atoms with E-state index >= 15 is 0 Å². The molecular formula is C13H14F4O2. The molecule has 2 rings (SSSR count). The Morgan fingerprint density at radius 2 is 1.74 bits per heavy atom. The minimum atomic E-state index is -4.95. The van der Waals surface area contributed by atoms with Crippen LogP contribution in [-0.4, -0.2) is 11.5 Å². The average molecular weight is 278 g/mol. The van der Waals surface area contributed by atoms with Gasteiger partial charge in [-0.2, -0.15) is 0 Å². The van der Waals surface area contributed by atoms with Gasteiger partial charge >= 0.3 is 6.36 Å². The molecule has 0 aliphatic heterocycles. The van der Waals surface area contributed by atoms with Crippen molar-refractivity contribution in [2.24, 2.45) is 0 Å². The third kappa shape index (κ3) is 3.18. The summed E-state index contributed by atoms with van der Waals surface area (Å²) in [5.41, 5.74) is -1.51. The predicted octanol–water partition coefficient (Wildman–Crippen LogP) is 3.88. The van der Waals surface area contributed by atoms with E-state index in [2.05, 4.69) is 4.74 Å². The standard InChI is InChI=1S/C13H14F4O2/c14-11-9(12(18)7-2-1-3-8-12)5-4-6-10(11)19-13(15,16)17/h4-6,18H,1-3,7-8H2. The van der Waals surface area contributed by atoms with Crippen LogP contribution in [0.15, 0.2) is 18.2 Å². The van der Waals surface area contributed by atoms with Gasteiger partial charge in [-0.15, -0.1) is 13.2 Å². The van der Waals surface area contributed by atoms with E-state index in [1.807, 2.05) is 0 Å². The Morgan fingerprint density at radius 3 is 2.32 bits per heavy atom. The Morgan fingerprint density at radius 1 is 1.11 bits per heavy atom. The fourth-order valence-electron chi connectivity index (χ4n) is 2.48. The lowest BCUT2D eigenvalue weighted by molar-refractivity contribution is -0.275. The molecule has 0 unspecified atom stereocenters. The van der Waals surface area contributed by atoms with Crippen LogP contribution in [0.4, 0.5) is 17.6 Å². The molecule has 0 saturated heterocycles. The Balaban J connectivity index is 2.34. The van der Waals surface area contributed by atoms with Crippen LogP contribution in [0.25, 0.3) is 0 Å². The van der Waals surface area contributed by atoms with E-state index in [-0.39, 0.29) is 5.56 Å². The second-order valence-electron chi connectivity index (χ2n) is 4.76. The van der Waals surface area contributed by atoms with Crippen molar-refractivity contribution in [1.82, 2.24) is 0 Å². The van der Waals surface area contributed by atoms with E-state index in [1.54, 1.807) is 0 Å². The second kappa shape index (κ2) is 5.00. The SMILES string of the molecule is OC1(c2cccc(OC(F)(F)F)c2F)CCCCC1. The third-order valence-electron chi connectivity index (χ3n) is 3.37.